The molecule has 104 valence electrons. The number of hydrogen-bond acceptors (Lipinski definition) is 3. The molecule has 0 bridgehead atoms. The number of nitro groups is 1. The molecule has 1 N–H and O–H groups in total. The first-order valence-electron chi connectivity index (χ1n) is 6.63. The SMILES string of the molecule is CCCC[C@H](CC)C(=O)Nc1cccc([N+](=O)[O-])c1. The van der Waals surface area contributed by atoms with Crippen molar-refractivity contribution in [3.63, 3.8) is 0 Å². The van der Waals surface area contributed by atoms with E-state index in [9.17, 15) is 14.9 Å². The summed E-state index contributed by atoms with van der Waals surface area (Å²) in [6, 6.07) is 6.02. The van der Waals surface area contributed by atoms with Gasteiger partial charge in [0.15, 0.2) is 0 Å². The Kier molecular flexibility index (Phi) is 5.99. The van der Waals surface area contributed by atoms with E-state index in [4.69, 9.17) is 0 Å². The predicted molar refractivity (Wildman–Crippen MR) is 75.0 cm³/mol. The summed E-state index contributed by atoms with van der Waals surface area (Å²) in [4.78, 5) is 22.2. The molecular formula is C14H20N2O3. The molecule has 0 saturated carbocycles. The third-order valence-corrected chi connectivity index (χ3v) is 3.09. The predicted octanol–water partition coefficient (Wildman–Crippen LogP) is 3.75. The van der Waals surface area contributed by atoms with E-state index in [0.717, 1.165) is 25.7 Å². The van der Waals surface area contributed by atoms with Crippen LogP contribution in [0, 0.1) is 16.0 Å². The number of carbonyl (C=O) groups excluding carboxylic acids is 1. The Hall–Kier alpha value is -1.91. The zero-order valence-corrected chi connectivity index (χ0v) is 11.4. The van der Waals surface area contributed by atoms with E-state index in [1.807, 2.05) is 6.92 Å². The number of non-ortho nitro benzene ring substituents is 1. The lowest BCUT2D eigenvalue weighted by Crippen LogP contribution is -2.22. The zero-order chi connectivity index (χ0) is 14.3. The molecule has 1 amide bonds. The molecule has 1 atom stereocenters. The summed E-state index contributed by atoms with van der Waals surface area (Å²) in [6.07, 6.45) is 3.70. The Morgan fingerprint density at radius 2 is 2.16 bits per heavy atom. The van der Waals surface area contributed by atoms with Crippen LogP contribution in [0.4, 0.5) is 11.4 Å². The number of amides is 1. The van der Waals surface area contributed by atoms with E-state index in [1.165, 1.54) is 12.1 Å². The van der Waals surface area contributed by atoms with Gasteiger partial charge in [0.25, 0.3) is 5.69 Å². The van der Waals surface area contributed by atoms with Gasteiger partial charge >= 0.3 is 0 Å². The number of carbonyl (C=O) groups is 1. The van der Waals surface area contributed by atoms with Crippen molar-refractivity contribution in [2.75, 3.05) is 5.32 Å². The summed E-state index contributed by atoms with van der Waals surface area (Å²) < 4.78 is 0. The van der Waals surface area contributed by atoms with Gasteiger partial charge in [0.05, 0.1) is 4.92 Å². The minimum absolute atomic E-state index is 0.0144. The van der Waals surface area contributed by atoms with Gasteiger partial charge in [-0.1, -0.05) is 32.8 Å². The summed E-state index contributed by atoms with van der Waals surface area (Å²) in [5, 5.41) is 13.4. The normalized spacial score (nSPS) is 11.9. The molecule has 0 spiro atoms. The molecule has 0 saturated heterocycles. The van der Waals surface area contributed by atoms with Crippen molar-refractivity contribution >= 4 is 17.3 Å². The topological polar surface area (TPSA) is 72.2 Å². The molecule has 19 heavy (non-hydrogen) atoms. The van der Waals surface area contributed by atoms with Gasteiger partial charge in [-0.25, -0.2) is 0 Å². The number of rotatable bonds is 7. The second-order valence-electron chi connectivity index (χ2n) is 4.54. The second kappa shape index (κ2) is 7.51. The van der Waals surface area contributed by atoms with E-state index in [1.54, 1.807) is 12.1 Å². The van der Waals surface area contributed by atoms with Crippen molar-refractivity contribution in [2.24, 2.45) is 5.92 Å². The zero-order valence-electron chi connectivity index (χ0n) is 11.4. The monoisotopic (exact) mass is 264 g/mol. The van der Waals surface area contributed by atoms with E-state index < -0.39 is 4.92 Å². The van der Waals surface area contributed by atoms with Crippen molar-refractivity contribution < 1.29 is 9.72 Å². The minimum atomic E-state index is -0.468. The summed E-state index contributed by atoms with van der Waals surface area (Å²) in [5.41, 5.74) is 0.466. The third-order valence-electron chi connectivity index (χ3n) is 3.09. The van der Waals surface area contributed by atoms with Crippen LogP contribution in [0.1, 0.15) is 39.5 Å². The molecule has 0 aromatic heterocycles. The number of nitro benzene ring substituents is 1. The number of unbranched alkanes of at least 4 members (excludes halogenated alkanes) is 1. The molecule has 0 aliphatic carbocycles. The average molecular weight is 264 g/mol. The fraction of sp³-hybridized carbons (Fsp3) is 0.500. The first kappa shape index (κ1) is 15.1. The maximum atomic E-state index is 12.0. The van der Waals surface area contributed by atoms with Crippen LogP contribution in [0.5, 0.6) is 0 Å². The van der Waals surface area contributed by atoms with Crippen LogP contribution >= 0.6 is 0 Å². The van der Waals surface area contributed by atoms with Gasteiger partial charge in [0.2, 0.25) is 5.91 Å². The van der Waals surface area contributed by atoms with Gasteiger partial charge in [-0.2, -0.15) is 0 Å². The molecule has 0 heterocycles. The number of hydrogen-bond donors (Lipinski definition) is 1. The standard InChI is InChI=1S/C14H20N2O3/c1-3-5-7-11(4-2)14(17)15-12-8-6-9-13(10-12)16(18)19/h6,8-11H,3-5,7H2,1-2H3,(H,15,17)/t11-/m0/s1. The maximum Gasteiger partial charge on any atom is 0.271 e. The molecule has 0 unspecified atom stereocenters. The Morgan fingerprint density at radius 3 is 2.74 bits per heavy atom. The molecule has 1 aromatic carbocycles. The number of anilines is 1. The van der Waals surface area contributed by atoms with Crippen LogP contribution in [0.15, 0.2) is 24.3 Å². The highest BCUT2D eigenvalue weighted by Crippen LogP contribution is 2.20. The van der Waals surface area contributed by atoms with E-state index in [0.29, 0.717) is 5.69 Å². The molecule has 0 aliphatic rings. The molecule has 0 fully saturated rings. The maximum absolute atomic E-state index is 12.0. The van der Waals surface area contributed by atoms with E-state index in [-0.39, 0.29) is 17.5 Å². The van der Waals surface area contributed by atoms with Crippen molar-refractivity contribution in [2.45, 2.75) is 39.5 Å². The van der Waals surface area contributed by atoms with Gasteiger partial charge in [-0.05, 0) is 18.9 Å². The molecule has 5 heteroatoms. The summed E-state index contributed by atoms with van der Waals surface area (Å²) in [5.74, 6) is -0.0874. The Bertz CT molecular complexity index is 446. The van der Waals surface area contributed by atoms with Crippen LogP contribution < -0.4 is 5.32 Å². The molecule has 1 aromatic rings. The van der Waals surface area contributed by atoms with Crippen molar-refractivity contribution in [3.8, 4) is 0 Å². The average Bonchev–Trinajstić information content (AvgIpc) is 2.40. The quantitative estimate of drug-likeness (QED) is 0.602. The van der Waals surface area contributed by atoms with E-state index >= 15 is 0 Å². The number of nitrogens with one attached hydrogen (secondary N) is 1. The minimum Gasteiger partial charge on any atom is -0.326 e. The van der Waals surface area contributed by atoms with Crippen molar-refractivity contribution in [1.82, 2.24) is 0 Å². The summed E-state index contributed by atoms with van der Waals surface area (Å²) in [6.45, 7) is 4.07. The lowest BCUT2D eigenvalue weighted by molar-refractivity contribution is -0.384. The van der Waals surface area contributed by atoms with Gasteiger partial charge in [0, 0.05) is 23.7 Å². The second-order valence-corrected chi connectivity index (χ2v) is 4.54. The summed E-state index contributed by atoms with van der Waals surface area (Å²) >= 11 is 0. The highest BCUT2D eigenvalue weighted by molar-refractivity contribution is 5.92. The fourth-order valence-corrected chi connectivity index (χ4v) is 1.91. The van der Waals surface area contributed by atoms with Gasteiger partial charge in [-0.15, -0.1) is 0 Å². The molecular weight excluding hydrogens is 244 g/mol. The Morgan fingerprint density at radius 1 is 1.42 bits per heavy atom. The largest absolute Gasteiger partial charge is 0.326 e. The molecule has 0 aliphatic heterocycles. The lowest BCUT2D eigenvalue weighted by atomic mass is 9.98. The Balaban J connectivity index is 2.69. The highest BCUT2D eigenvalue weighted by atomic mass is 16.6. The van der Waals surface area contributed by atoms with E-state index in [2.05, 4.69) is 12.2 Å². The lowest BCUT2D eigenvalue weighted by Gasteiger charge is -2.14. The van der Waals surface area contributed by atoms with Crippen LogP contribution in [0.3, 0.4) is 0 Å². The van der Waals surface area contributed by atoms with Crippen LogP contribution in [0.25, 0.3) is 0 Å². The molecule has 1 rings (SSSR count). The smallest absolute Gasteiger partial charge is 0.271 e. The first-order chi connectivity index (χ1) is 9.08. The van der Waals surface area contributed by atoms with Gasteiger partial charge in [0.1, 0.15) is 0 Å². The third kappa shape index (κ3) is 4.69. The molecule has 0 radical (unpaired) electrons. The Labute approximate surface area is 113 Å². The van der Waals surface area contributed by atoms with Crippen LogP contribution in [-0.4, -0.2) is 10.8 Å². The molecule has 5 nitrogen and oxygen atoms in total. The highest BCUT2D eigenvalue weighted by Gasteiger charge is 2.16. The van der Waals surface area contributed by atoms with Crippen molar-refractivity contribution in [1.29, 1.82) is 0 Å². The number of nitrogens with zero attached hydrogens (tertiary/aromatic N) is 1. The first-order valence-corrected chi connectivity index (χ1v) is 6.63. The number of benzene rings is 1. The van der Waals surface area contributed by atoms with Crippen LogP contribution in [-0.2, 0) is 4.79 Å². The van der Waals surface area contributed by atoms with Gasteiger partial charge in [-0.3, -0.25) is 14.9 Å². The van der Waals surface area contributed by atoms with Crippen LogP contribution in [0.2, 0.25) is 0 Å². The fourth-order valence-electron chi connectivity index (χ4n) is 1.91. The van der Waals surface area contributed by atoms with Crippen molar-refractivity contribution in [3.05, 3.63) is 34.4 Å². The van der Waals surface area contributed by atoms with Gasteiger partial charge < -0.3 is 5.32 Å². The summed E-state index contributed by atoms with van der Waals surface area (Å²) in [7, 11) is 0.